The smallest absolute Gasteiger partial charge is 0.259 e. The molecule has 0 saturated carbocycles. The highest BCUT2D eigenvalue weighted by molar-refractivity contribution is 7.16. The number of carbonyl (C=O) groups excluding carboxylic acids is 1. The van der Waals surface area contributed by atoms with Gasteiger partial charge in [-0.2, -0.15) is 0 Å². The number of benzene rings is 1. The Balaban J connectivity index is 1.65. The van der Waals surface area contributed by atoms with E-state index in [9.17, 15) is 4.79 Å². The summed E-state index contributed by atoms with van der Waals surface area (Å²) in [5, 5.41) is 5.86. The molecule has 0 aliphatic heterocycles. The zero-order valence-corrected chi connectivity index (χ0v) is 17.5. The average Bonchev–Trinajstić information content (AvgIpc) is 3.33. The normalized spacial score (nSPS) is 16.1. The van der Waals surface area contributed by atoms with Crippen LogP contribution in [0.4, 0.5) is 10.7 Å². The zero-order chi connectivity index (χ0) is 19.5. The van der Waals surface area contributed by atoms with Crippen LogP contribution < -0.4 is 10.1 Å². The molecule has 6 heteroatoms. The fraction of sp³-hybridized carbons (Fsp3) is 0.273. The number of thiophene rings is 2. The molecule has 0 spiro atoms. The van der Waals surface area contributed by atoms with E-state index in [-0.39, 0.29) is 5.91 Å². The molecule has 4 nitrogen and oxygen atoms in total. The Labute approximate surface area is 172 Å². The number of methoxy groups -OCH3 is 1. The second-order valence-corrected chi connectivity index (χ2v) is 9.05. The summed E-state index contributed by atoms with van der Waals surface area (Å²) in [6.07, 6.45) is 4.93. The molecule has 1 atom stereocenters. The van der Waals surface area contributed by atoms with Crippen LogP contribution in [0.15, 0.2) is 46.8 Å². The molecule has 2 heterocycles. The van der Waals surface area contributed by atoms with Crippen LogP contribution in [0.3, 0.4) is 0 Å². The molecule has 3 aromatic rings. The Morgan fingerprint density at radius 1 is 1.29 bits per heavy atom. The number of anilines is 1. The summed E-state index contributed by atoms with van der Waals surface area (Å²) < 4.78 is 5.19. The molecule has 0 radical (unpaired) electrons. The minimum Gasteiger partial charge on any atom is -0.497 e. The summed E-state index contributed by atoms with van der Waals surface area (Å²) in [7, 11) is 1.63. The highest BCUT2D eigenvalue weighted by Crippen LogP contribution is 2.41. The van der Waals surface area contributed by atoms with Crippen molar-refractivity contribution in [2.75, 3.05) is 12.4 Å². The number of rotatable bonds is 5. The van der Waals surface area contributed by atoms with Crippen LogP contribution in [0, 0.1) is 5.92 Å². The summed E-state index contributed by atoms with van der Waals surface area (Å²) in [4.78, 5) is 20.2. The number of hydrogen-bond donors (Lipinski definition) is 1. The Kier molecular flexibility index (Phi) is 5.59. The maximum Gasteiger partial charge on any atom is 0.259 e. The lowest BCUT2D eigenvalue weighted by molar-refractivity contribution is 0.102. The summed E-state index contributed by atoms with van der Waals surface area (Å²) in [5.41, 5.74) is 2.66. The first-order chi connectivity index (χ1) is 13.6. The number of carbonyl (C=O) groups is 1. The summed E-state index contributed by atoms with van der Waals surface area (Å²) in [6.45, 7) is 2.27. The topological polar surface area (TPSA) is 50.7 Å². The van der Waals surface area contributed by atoms with Crippen molar-refractivity contribution in [1.82, 2.24) is 0 Å². The lowest BCUT2D eigenvalue weighted by Crippen LogP contribution is -2.16. The van der Waals surface area contributed by atoms with Crippen LogP contribution in [-0.2, 0) is 12.8 Å². The van der Waals surface area contributed by atoms with Crippen LogP contribution >= 0.6 is 22.7 Å². The van der Waals surface area contributed by atoms with E-state index in [1.807, 2.05) is 48.0 Å². The van der Waals surface area contributed by atoms with Gasteiger partial charge in [-0.15, -0.1) is 22.7 Å². The van der Waals surface area contributed by atoms with Gasteiger partial charge in [-0.3, -0.25) is 4.79 Å². The molecule has 1 aliphatic carbocycles. The SMILES string of the molecule is COc1ccc(NC(=O)c2c(N=Cc3cccs3)sc3c2CC[C@H](C)C3)cc1. The largest absolute Gasteiger partial charge is 0.497 e. The minimum absolute atomic E-state index is 0.0875. The third-order valence-electron chi connectivity index (χ3n) is 4.92. The zero-order valence-electron chi connectivity index (χ0n) is 15.9. The second-order valence-electron chi connectivity index (χ2n) is 6.99. The maximum atomic E-state index is 13.2. The van der Waals surface area contributed by atoms with Gasteiger partial charge in [0.15, 0.2) is 0 Å². The van der Waals surface area contributed by atoms with E-state index in [4.69, 9.17) is 9.73 Å². The highest BCUT2D eigenvalue weighted by Gasteiger charge is 2.27. The van der Waals surface area contributed by atoms with Crippen molar-refractivity contribution in [3.8, 4) is 5.75 Å². The van der Waals surface area contributed by atoms with Crippen molar-refractivity contribution < 1.29 is 9.53 Å². The number of nitrogens with zero attached hydrogens (tertiary/aromatic N) is 1. The van der Waals surface area contributed by atoms with E-state index < -0.39 is 0 Å². The number of nitrogens with one attached hydrogen (secondary N) is 1. The van der Waals surface area contributed by atoms with Crippen molar-refractivity contribution >= 4 is 45.5 Å². The van der Waals surface area contributed by atoms with E-state index in [1.165, 1.54) is 10.4 Å². The molecule has 1 aliphatic rings. The molecule has 4 rings (SSSR count). The quantitative estimate of drug-likeness (QED) is 0.529. The molecule has 28 heavy (non-hydrogen) atoms. The van der Waals surface area contributed by atoms with Gasteiger partial charge in [-0.25, -0.2) is 4.99 Å². The predicted molar refractivity (Wildman–Crippen MR) is 118 cm³/mol. The second kappa shape index (κ2) is 8.29. The molecular formula is C22H22N2O2S2. The van der Waals surface area contributed by atoms with Gasteiger partial charge in [-0.1, -0.05) is 13.0 Å². The lowest BCUT2D eigenvalue weighted by atomic mass is 9.88. The van der Waals surface area contributed by atoms with Gasteiger partial charge < -0.3 is 10.1 Å². The molecule has 144 valence electrons. The van der Waals surface area contributed by atoms with Crippen LogP contribution in [0.1, 0.15) is 39.0 Å². The Morgan fingerprint density at radius 2 is 2.11 bits per heavy atom. The predicted octanol–water partition coefficient (Wildman–Crippen LogP) is 5.95. The van der Waals surface area contributed by atoms with Crippen molar-refractivity contribution in [2.24, 2.45) is 10.9 Å². The molecule has 2 aromatic heterocycles. The molecule has 0 fully saturated rings. The average molecular weight is 411 g/mol. The summed E-state index contributed by atoms with van der Waals surface area (Å²) in [6, 6.07) is 11.4. The van der Waals surface area contributed by atoms with Crippen LogP contribution in [0.25, 0.3) is 0 Å². The number of aliphatic imine (C=N–C) groups is 1. The number of fused-ring (bicyclic) bond motifs is 1. The van der Waals surface area contributed by atoms with Gasteiger partial charge in [-0.05, 0) is 66.5 Å². The van der Waals surface area contributed by atoms with Crippen LogP contribution in [-0.4, -0.2) is 19.2 Å². The van der Waals surface area contributed by atoms with Gasteiger partial charge in [0.05, 0.1) is 12.7 Å². The van der Waals surface area contributed by atoms with Gasteiger partial charge in [0.2, 0.25) is 0 Å². The lowest BCUT2D eigenvalue weighted by Gasteiger charge is -2.18. The van der Waals surface area contributed by atoms with Gasteiger partial charge in [0, 0.05) is 21.7 Å². The van der Waals surface area contributed by atoms with E-state index in [1.54, 1.807) is 29.8 Å². The highest BCUT2D eigenvalue weighted by atomic mass is 32.1. The molecular weight excluding hydrogens is 388 g/mol. The molecule has 1 amide bonds. The monoisotopic (exact) mass is 410 g/mol. The number of amides is 1. The Bertz CT molecular complexity index is 988. The van der Waals surface area contributed by atoms with Crippen LogP contribution in [0.5, 0.6) is 5.75 Å². The molecule has 0 bridgehead atoms. The van der Waals surface area contributed by atoms with Crippen molar-refractivity contribution in [1.29, 1.82) is 0 Å². The molecule has 1 N–H and O–H groups in total. The Morgan fingerprint density at radius 3 is 2.82 bits per heavy atom. The molecule has 0 unspecified atom stereocenters. The first-order valence-corrected chi connectivity index (χ1v) is 11.0. The number of ether oxygens (including phenoxy) is 1. The van der Waals surface area contributed by atoms with Crippen molar-refractivity contribution in [2.45, 2.75) is 26.2 Å². The van der Waals surface area contributed by atoms with Crippen molar-refractivity contribution in [3.63, 3.8) is 0 Å². The maximum absolute atomic E-state index is 13.2. The van der Waals surface area contributed by atoms with Gasteiger partial charge >= 0.3 is 0 Å². The van der Waals surface area contributed by atoms with E-state index in [0.717, 1.165) is 46.1 Å². The molecule has 0 saturated heterocycles. The first-order valence-electron chi connectivity index (χ1n) is 9.31. The van der Waals surface area contributed by atoms with E-state index in [0.29, 0.717) is 5.92 Å². The minimum atomic E-state index is -0.0875. The van der Waals surface area contributed by atoms with E-state index >= 15 is 0 Å². The van der Waals surface area contributed by atoms with Gasteiger partial charge in [0.1, 0.15) is 10.8 Å². The van der Waals surface area contributed by atoms with Crippen molar-refractivity contribution in [3.05, 3.63) is 62.7 Å². The summed E-state index contributed by atoms with van der Waals surface area (Å²) >= 11 is 3.30. The third kappa shape index (κ3) is 4.03. The van der Waals surface area contributed by atoms with Gasteiger partial charge in [0.25, 0.3) is 5.91 Å². The van der Waals surface area contributed by atoms with E-state index in [2.05, 4.69) is 12.2 Å². The standard InChI is InChI=1S/C22H22N2O2S2/c1-14-5-10-18-19(12-14)28-22(23-13-17-4-3-11-27-17)20(18)21(25)24-15-6-8-16(26-2)9-7-15/h3-4,6-9,11,13-14H,5,10,12H2,1-2H3,(H,24,25)/t14-/m0/s1. The fourth-order valence-electron chi connectivity index (χ4n) is 3.42. The Hall–Kier alpha value is -2.44. The molecule has 1 aromatic carbocycles. The third-order valence-corrected chi connectivity index (χ3v) is 6.89. The van der Waals surface area contributed by atoms with Crippen LogP contribution in [0.2, 0.25) is 0 Å². The summed E-state index contributed by atoms with van der Waals surface area (Å²) in [5.74, 6) is 1.33. The fourth-order valence-corrected chi connectivity index (χ4v) is 5.35. The number of hydrogen-bond acceptors (Lipinski definition) is 5. The first kappa shape index (κ1) is 18.9.